The van der Waals surface area contributed by atoms with E-state index in [0.717, 1.165) is 0 Å². The molecule has 0 aliphatic heterocycles. The van der Waals surface area contributed by atoms with Crippen LogP contribution in [-0.2, 0) is 30.2 Å². The molecule has 1 aromatic heterocycles. The second-order valence-corrected chi connectivity index (χ2v) is 12.0. The molecule has 2 aromatic rings. The van der Waals surface area contributed by atoms with Gasteiger partial charge >= 0.3 is 84.0 Å². The van der Waals surface area contributed by atoms with Crippen molar-refractivity contribution < 1.29 is 82.1 Å². The van der Waals surface area contributed by atoms with E-state index >= 15 is 0 Å². The number of nitrogens with zero attached hydrogens (tertiary/aromatic N) is 3. The number of aromatic nitrogens is 2. The van der Waals surface area contributed by atoms with Crippen LogP contribution < -0.4 is 5.62 Å². The van der Waals surface area contributed by atoms with Crippen molar-refractivity contribution in [1.29, 1.82) is 0 Å². The molecule has 0 spiro atoms. The molecule has 0 fully saturated rings. The maximum absolute atomic E-state index is 11.4. The van der Waals surface area contributed by atoms with Crippen molar-refractivity contribution in [3.05, 3.63) is 59.3 Å². The number of rotatable bonds is 0. The summed E-state index contributed by atoms with van der Waals surface area (Å²) in [5.74, 6) is 0. The van der Waals surface area contributed by atoms with Crippen LogP contribution in [0.4, 0.5) is 52.7 Å². The molecule has 0 bridgehead atoms. The number of hydrogen-bond acceptors (Lipinski definition) is 2. The second kappa shape index (κ2) is 14.9. The van der Waals surface area contributed by atoms with Crippen LogP contribution >= 0.6 is 0 Å². The fraction of sp³-hybridized carbons (Fsp3) is 0.615. The number of imidazole rings is 1. The van der Waals surface area contributed by atoms with Gasteiger partial charge in [0.15, 0.2) is 0 Å². The Bertz CT molecular complexity index is 1150. The average Bonchev–Trinajstić information content (AvgIpc) is 3.20. The molecule has 0 radical (unpaired) electrons. The molecule has 254 valence electrons. The predicted molar refractivity (Wildman–Crippen MR) is 134 cm³/mol. The Morgan fingerprint density at radius 2 is 0.818 bits per heavy atom. The van der Waals surface area contributed by atoms with Crippen molar-refractivity contribution in [1.82, 2.24) is 9.13 Å². The average molecular weight is 831 g/mol. The van der Waals surface area contributed by atoms with Crippen LogP contribution in [0, 0.1) is 4.20 Å². The normalized spacial score (nSPS) is 13.3. The van der Waals surface area contributed by atoms with Crippen LogP contribution in [0.1, 0.15) is 61.0 Å². The molecule has 44 heavy (non-hydrogen) atoms. The van der Waals surface area contributed by atoms with Gasteiger partial charge in [0.05, 0.1) is 0 Å². The van der Waals surface area contributed by atoms with Crippen LogP contribution in [-0.4, -0.2) is 55.3 Å². The number of aliphatic hydroxyl groups is 2. The van der Waals surface area contributed by atoms with Crippen LogP contribution in [0.2, 0.25) is 0 Å². The zero-order valence-corrected chi connectivity index (χ0v) is 27.7. The van der Waals surface area contributed by atoms with Gasteiger partial charge in [-0.05, 0) is 37.3 Å². The molecule has 1 aromatic carbocycles. The molecule has 2 rings (SSSR count). The Morgan fingerprint density at radius 3 is 0.932 bits per heavy atom. The van der Waals surface area contributed by atoms with Crippen molar-refractivity contribution in [2.24, 2.45) is 0 Å². The molecule has 1 heterocycles. The topological polar surface area (TPSA) is 72.6 Å². The van der Waals surface area contributed by atoms with Crippen LogP contribution in [0.5, 0.6) is 0 Å². The van der Waals surface area contributed by atoms with Gasteiger partial charge in [0, 0.05) is 5.62 Å². The maximum atomic E-state index is 11.4. The number of alkyl halides is 12. The fourth-order valence-corrected chi connectivity index (χ4v) is 2.75. The molecule has 2 N–H and O–H groups in total. The van der Waals surface area contributed by atoms with Crippen LogP contribution in [0.3, 0.4) is 0 Å². The summed E-state index contributed by atoms with van der Waals surface area (Å²) in [6, 6.07) is 10.1. The summed E-state index contributed by atoms with van der Waals surface area (Å²) < 4.78 is 143. The number of halogens is 12. The predicted octanol–water partition coefficient (Wildman–Crippen LogP) is 7.53. The van der Waals surface area contributed by atoms with E-state index < -0.39 is 35.9 Å². The van der Waals surface area contributed by atoms with Gasteiger partial charge in [0.25, 0.3) is 11.2 Å². The van der Waals surface area contributed by atoms with E-state index in [9.17, 15) is 58.1 Å². The molecule has 0 saturated heterocycles. The van der Waals surface area contributed by atoms with Crippen molar-refractivity contribution in [3.63, 3.8) is 0 Å². The minimum absolute atomic E-state index is 0.0828. The van der Waals surface area contributed by atoms with E-state index in [4.69, 9.17) is 10.2 Å². The first kappa shape index (κ1) is 43.9. The van der Waals surface area contributed by atoms with E-state index in [0.29, 0.717) is 5.62 Å². The SMILES string of the molecule is CC(C)(C)n1ccn(C(C)(C)C)c1=[N-].CC(O)(C(F)(F)F)C(F)(F)F.CC(O)(C(F)(F)F)C(F)(F)F.[W+]#[C]c1ccccc1. The summed E-state index contributed by atoms with van der Waals surface area (Å²) in [6.07, 6.45) is -18.9. The van der Waals surface area contributed by atoms with Gasteiger partial charge in [0.1, 0.15) is 0 Å². The Kier molecular flexibility index (Phi) is 14.9. The summed E-state index contributed by atoms with van der Waals surface area (Å²) in [5.41, 5.74) is -7.91. The summed E-state index contributed by atoms with van der Waals surface area (Å²) >= 11 is 1.38. The summed E-state index contributed by atoms with van der Waals surface area (Å²) in [4.78, 5) is 0. The Labute approximate surface area is 257 Å². The first-order chi connectivity index (χ1) is 19.1. The zero-order chi connectivity index (χ0) is 36.0. The number of hydrogen-bond donors (Lipinski definition) is 2. The summed E-state index contributed by atoms with van der Waals surface area (Å²) in [5, 5.41) is 25.9. The van der Waals surface area contributed by atoms with Gasteiger partial charge in [0.2, 0.25) is 0 Å². The third kappa shape index (κ3) is 12.6. The van der Waals surface area contributed by atoms with E-state index in [1.54, 1.807) is 0 Å². The molecule has 0 atom stereocenters. The van der Waals surface area contributed by atoms with Gasteiger partial charge < -0.3 is 24.8 Å². The minimum atomic E-state index is -5.69. The third-order valence-electron chi connectivity index (χ3n) is 5.34. The molecule has 0 amide bonds. The molecular formula is C26H33F12N3O2W. The molecule has 0 aliphatic rings. The summed E-state index contributed by atoms with van der Waals surface area (Å²) in [6.45, 7) is 11.7. The monoisotopic (exact) mass is 831 g/mol. The Hall–Kier alpha value is -2.22. The first-order valence-electron chi connectivity index (χ1n) is 12.0. The van der Waals surface area contributed by atoms with Crippen molar-refractivity contribution >= 4 is 0 Å². The standard InChI is InChI=1S/C11H20N3.C7H5.2C4H4F6O.W/c1-10(2,3)13-7-8-14(9(13)12)11(4,5)6;1-7-5-3-2-4-6-7;2*1-2(11,3(5,6)7)4(8,9)10;/h7-8H,1-6H3;2-6H;2*11H,1H3;/q-1;;;;+1. The molecular weight excluding hydrogens is 798 g/mol. The molecule has 0 saturated carbocycles. The third-order valence-corrected chi connectivity index (χ3v) is 6.19. The van der Waals surface area contributed by atoms with Gasteiger partial charge in [-0.3, -0.25) is 0 Å². The fourth-order valence-electron chi connectivity index (χ4n) is 2.26. The Balaban J connectivity index is 0. The molecule has 0 unspecified atom stereocenters. The molecule has 5 nitrogen and oxygen atoms in total. The van der Waals surface area contributed by atoms with Gasteiger partial charge in [-0.1, -0.05) is 41.5 Å². The molecule has 18 heteroatoms. The molecule has 0 aliphatic carbocycles. The van der Waals surface area contributed by atoms with E-state index in [1.165, 1.54) is 24.7 Å². The number of benzene rings is 1. The van der Waals surface area contributed by atoms with Gasteiger partial charge in [-0.15, -0.1) is 0 Å². The zero-order valence-electron chi connectivity index (χ0n) is 24.7. The van der Waals surface area contributed by atoms with Crippen LogP contribution in [0.15, 0.2) is 42.7 Å². The van der Waals surface area contributed by atoms with E-state index in [2.05, 4.69) is 45.7 Å². The van der Waals surface area contributed by atoms with E-state index in [1.807, 2.05) is 51.9 Å². The van der Waals surface area contributed by atoms with Gasteiger partial charge in [-0.2, -0.15) is 52.7 Å². The van der Waals surface area contributed by atoms with Gasteiger partial charge in [-0.25, -0.2) is 0 Å². The van der Waals surface area contributed by atoms with Crippen molar-refractivity contribution in [2.75, 3.05) is 0 Å². The van der Waals surface area contributed by atoms with Crippen molar-refractivity contribution in [2.45, 2.75) is 102 Å². The second-order valence-electron chi connectivity index (χ2n) is 11.3. The quantitative estimate of drug-likeness (QED) is 0.270. The summed E-state index contributed by atoms with van der Waals surface area (Å²) in [7, 11) is 0. The van der Waals surface area contributed by atoms with E-state index in [-0.39, 0.29) is 24.9 Å². The first-order valence-corrected chi connectivity index (χ1v) is 13.5. The Morgan fingerprint density at radius 1 is 0.568 bits per heavy atom. The van der Waals surface area contributed by atoms with Crippen molar-refractivity contribution in [3.8, 4) is 4.20 Å². The van der Waals surface area contributed by atoms with Crippen LogP contribution in [0.25, 0.3) is 5.41 Å².